The van der Waals surface area contributed by atoms with Crippen molar-refractivity contribution in [2.45, 2.75) is 12.8 Å². The lowest BCUT2D eigenvalue weighted by atomic mass is 10.2. The first-order valence-corrected chi connectivity index (χ1v) is 9.17. The molecule has 2 aromatic rings. The van der Waals surface area contributed by atoms with Gasteiger partial charge < -0.3 is 15.0 Å². The van der Waals surface area contributed by atoms with E-state index >= 15 is 0 Å². The molecule has 1 saturated heterocycles. The van der Waals surface area contributed by atoms with Gasteiger partial charge in [-0.05, 0) is 55.4 Å². The molecule has 0 radical (unpaired) electrons. The smallest absolute Gasteiger partial charge is 0.257 e. The number of nitrogens with one attached hydrogen (secondary N) is 2. The van der Waals surface area contributed by atoms with Crippen LogP contribution in [0, 0.1) is 0 Å². The number of carbonyl (C=O) groups excluding carboxylic acids is 1. The predicted octanol–water partition coefficient (Wildman–Crippen LogP) is 4.08. The van der Waals surface area contributed by atoms with Crippen molar-refractivity contribution in [2.24, 2.45) is 0 Å². The average molecular weight is 390 g/mol. The van der Waals surface area contributed by atoms with E-state index in [-0.39, 0.29) is 11.0 Å². The number of hydrogen-bond donors (Lipinski definition) is 2. The highest BCUT2D eigenvalue weighted by Crippen LogP contribution is 2.35. The second-order valence-corrected chi connectivity index (χ2v) is 6.79. The minimum Gasteiger partial charge on any atom is -0.497 e. The molecule has 2 N–H and O–H groups in total. The van der Waals surface area contributed by atoms with E-state index in [1.165, 1.54) is 0 Å². The predicted molar refractivity (Wildman–Crippen MR) is 110 cm³/mol. The number of anilines is 2. The summed E-state index contributed by atoms with van der Waals surface area (Å²) >= 11 is 11.7. The number of nitrogens with zero attached hydrogens (tertiary/aromatic N) is 1. The number of amides is 1. The first-order chi connectivity index (χ1) is 12.6. The number of rotatable bonds is 4. The lowest BCUT2D eigenvalue weighted by molar-refractivity contribution is 0.0977. The Morgan fingerprint density at radius 2 is 1.92 bits per heavy atom. The molecule has 1 aliphatic rings. The van der Waals surface area contributed by atoms with Crippen molar-refractivity contribution < 1.29 is 9.53 Å². The number of para-hydroxylation sites is 1. The minimum atomic E-state index is -0.300. The maximum atomic E-state index is 12.4. The first-order valence-electron chi connectivity index (χ1n) is 8.38. The van der Waals surface area contributed by atoms with E-state index in [9.17, 15) is 4.79 Å². The number of hydrogen-bond acceptors (Lipinski definition) is 4. The van der Waals surface area contributed by atoms with E-state index in [0.717, 1.165) is 37.3 Å². The van der Waals surface area contributed by atoms with Gasteiger partial charge in [-0.1, -0.05) is 23.7 Å². The Kier molecular flexibility index (Phi) is 5.96. The van der Waals surface area contributed by atoms with Gasteiger partial charge in [0.15, 0.2) is 5.11 Å². The fourth-order valence-corrected chi connectivity index (χ4v) is 3.47. The van der Waals surface area contributed by atoms with Gasteiger partial charge in [0.25, 0.3) is 5.91 Å². The molecule has 2 aromatic carbocycles. The lowest BCUT2D eigenvalue weighted by Crippen LogP contribution is -2.34. The van der Waals surface area contributed by atoms with Crippen LogP contribution in [-0.4, -0.2) is 31.2 Å². The maximum Gasteiger partial charge on any atom is 0.257 e. The molecule has 1 amide bonds. The van der Waals surface area contributed by atoms with E-state index < -0.39 is 0 Å². The van der Waals surface area contributed by atoms with Crippen LogP contribution in [0.4, 0.5) is 11.4 Å². The van der Waals surface area contributed by atoms with Crippen LogP contribution in [0.5, 0.6) is 5.75 Å². The van der Waals surface area contributed by atoms with Gasteiger partial charge in [0.2, 0.25) is 0 Å². The van der Waals surface area contributed by atoms with Gasteiger partial charge in [-0.15, -0.1) is 0 Å². The molecule has 5 nitrogen and oxygen atoms in total. The maximum absolute atomic E-state index is 12.4. The highest BCUT2D eigenvalue weighted by molar-refractivity contribution is 7.80. The van der Waals surface area contributed by atoms with Crippen LogP contribution in [0.25, 0.3) is 0 Å². The molecule has 0 spiro atoms. The largest absolute Gasteiger partial charge is 0.497 e. The van der Waals surface area contributed by atoms with Gasteiger partial charge >= 0.3 is 0 Å². The monoisotopic (exact) mass is 389 g/mol. The zero-order valence-electron chi connectivity index (χ0n) is 14.4. The van der Waals surface area contributed by atoms with Crippen molar-refractivity contribution in [1.29, 1.82) is 0 Å². The molecular weight excluding hydrogens is 370 g/mol. The summed E-state index contributed by atoms with van der Waals surface area (Å²) in [5.74, 6) is 0.314. The molecule has 0 bridgehead atoms. The van der Waals surface area contributed by atoms with Gasteiger partial charge in [0.05, 0.1) is 23.5 Å². The molecule has 7 heteroatoms. The van der Waals surface area contributed by atoms with Gasteiger partial charge in [0, 0.05) is 18.7 Å². The molecule has 1 heterocycles. The quantitative estimate of drug-likeness (QED) is 0.772. The highest BCUT2D eigenvalue weighted by Gasteiger charge is 2.19. The van der Waals surface area contributed by atoms with E-state index in [4.69, 9.17) is 28.6 Å². The van der Waals surface area contributed by atoms with Gasteiger partial charge in [-0.3, -0.25) is 10.1 Å². The molecule has 1 aliphatic heterocycles. The van der Waals surface area contributed by atoms with E-state index in [2.05, 4.69) is 15.5 Å². The molecule has 1 fully saturated rings. The number of ether oxygens (including phenoxy) is 1. The highest BCUT2D eigenvalue weighted by atomic mass is 35.5. The van der Waals surface area contributed by atoms with Crippen LogP contribution in [0.1, 0.15) is 23.2 Å². The van der Waals surface area contributed by atoms with E-state index in [1.54, 1.807) is 31.4 Å². The van der Waals surface area contributed by atoms with Crippen LogP contribution in [-0.2, 0) is 0 Å². The Morgan fingerprint density at radius 3 is 2.65 bits per heavy atom. The standard InChI is InChI=1S/C19H20ClN3O2S/c1-25-14-7-4-6-13(12-14)18(24)22-19(26)21-16-9-5-8-15(20)17(16)23-10-2-3-11-23/h4-9,12H,2-3,10-11H2,1H3,(H2,21,22,24,26). The van der Waals surface area contributed by atoms with Crippen molar-refractivity contribution in [3.8, 4) is 5.75 Å². The van der Waals surface area contributed by atoms with Crippen molar-refractivity contribution in [3.63, 3.8) is 0 Å². The van der Waals surface area contributed by atoms with Crippen molar-refractivity contribution in [3.05, 3.63) is 53.1 Å². The molecule has 0 aliphatic carbocycles. The summed E-state index contributed by atoms with van der Waals surface area (Å²) < 4.78 is 5.14. The molecule has 3 rings (SSSR count). The Balaban J connectivity index is 1.72. The zero-order chi connectivity index (χ0) is 18.5. The van der Waals surface area contributed by atoms with Crippen LogP contribution >= 0.6 is 23.8 Å². The normalized spacial score (nSPS) is 13.4. The average Bonchev–Trinajstić information content (AvgIpc) is 3.16. The summed E-state index contributed by atoms with van der Waals surface area (Å²) in [5, 5.41) is 6.69. The molecule has 26 heavy (non-hydrogen) atoms. The Labute approximate surface area is 163 Å². The van der Waals surface area contributed by atoms with Crippen LogP contribution in [0.2, 0.25) is 5.02 Å². The van der Waals surface area contributed by atoms with Gasteiger partial charge in [-0.25, -0.2) is 0 Å². The Morgan fingerprint density at radius 1 is 1.19 bits per heavy atom. The SMILES string of the molecule is COc1cccc(C(=O)NC(=S)Nc2cccc(Cl)c2N2CCCC2)c1. The molecule has 0 unspecified atom stereocenters. The van der Waals surface area contributed by atoms with Crippen LogP contribution in [0.3, 0.4) is 0 Å². The topological polar surface area (TPSA) is 53.6 Å². The van der Waals surface area contributed by atoms with Gasteiger partial charge in [0.1, 0.15) is 5.75 Å². The van der Waals surface area contributed by atoms with Crippen LogP contribution < -0.4 is 20.3 Å². The molecule has 0 aromatic heterocycles. The summed E-state index contributed by atoms with van der Waals surface area (Å²) in [6.07, 6.45) is 2.28. The summed E-state index contributed by atoms with van der Waals surface area (Å²) in [6.45, 7) is 1.92. The number of methoxy groups -OCH3 is 1. The second kappa shape index (κ2) is 8.38. The third-order valence-electron chi connectivity index (χ3n) is 4.22. The number of carbonyl (C=O) groups is 1. The van der Waals surface area contributed by atoms with Crippen molar-refractivity contribution in [2.75, 3.05) is 30.4 Å². The summed E-state index contributed by atoms with van der Waals surface area (Å²) in [6, 6.07) is 12.5. The van der Waals surface area contributed by atoms with E-state index in [0.29, 0.717) is 16.3 Å². The third kappa shape index (κ3) is 4.26. The van der Waals surface area contributed by atoms with E-state index in [1.807, 2.05) is 18.2 Å². The zero-order valence-corrected chi connectivity index (χ0v) is 16.0. The summed E-state index contributed by atoms with van der Waals surface area (Å²) in [7, 11) is 1.56. The fourth-order valence-electron chi connectivity index (χ4n) is 2.97. The van der Waals surface area contributed by atoms with Gasteiger partial charge in [-0.2, -0.15) is 0 Å². The molecular formula is C19H20ClN3O2S. The number of halogens is 1. The lowest BCUT2D eigenvalue weighted by Gasteiger charge is -2.23. The minimum absolute atomic E-state index is 0.223. The number of benzene rings is 2. The molecule has 0 atom stereocenters. The first kappa shape index (κ1) is 18.5. The Bertz CT molecular complexity index is 822. The van der Waals surface area contributed by atoms with Crippen LogP contribution in [0.15, 0.2) is 42.5 Å². The summed E-state index contributed by atoms with van der Waals surface area (Å²) in [5.41, 5.74) is 2.18. The Hall–Kier alpha value is -2.31. The fraction of sp³-hybridized carbons (Fsp3) is 0.263. The second-order valence-electron chi connectivity index (χ2n) is 5.97. The molecule has 136 valence electrons. The summed E-state index contributed by atoms with van der Waals surface area (Å²) in [4.78, 5) is 14.6. The third-order valence-corrected chi connectivity index (χ3v) is 4.73. The molecule has 0 saturated carbocycles. The van der Waals surface area contributed by atoms with Crippen molar-refractivity contribution >= 4 is 46.2 Å². The number of thiocarbonyl (C=S) groups is 1. The van der Waals surface area contributed by atoms with Crippen molar-refractivity contribution in [1.82, 2.24) is 5.32 Å².